The van der Waals surface area contributed by atoms with Gasteiger partial charge in [-0.2, -0.15) is 0 Å². The number of alkyl carbamates (subject to hydrolysis) is 1. The van der Waals surface area contributed by atoms with Crippen molar-refractivity contribution in [2.24, 2.45) is 0 Å². The molecule has 2 heterocycles. The molecule has 1 unspecified atom stereocenters. The van der Waals surface area contributed by atoms with Crippen LogP contribution in [0.3, 0.4) is 0 Å². The Hall–Kier alpha value is -5.24. The molecule has 1 fully saturated rings. The van der Waals surface area contributed by atoms with Gasteiger partial charge in [0.1, 0.15) is 29.3 Å². The van der Waals surface area contributed by atoms with E-state index in [4.69, 9.17) is 14.2 Å². The second kappa shape index (κ2) is 17.8. The van der Waals surface area contributed by atoms with Gasteiger partial charge in [-0.25, -0.2) is 14.6 Å². The normalized spacial score (nSPS) is 15.7. The van der Waals surface area contributed by atoms with E-state index in [9.17, 15) is 24.0 Å². The number of benzene rings is 2. The summed E-state index contributed by atoms with van der Waals surface area (Å²) in [6.45, 7) is 8.51. The molecule has 1 aliphatic rings. The average Bonchev–Trinajstić information content (AvgIpc) is 3.77. The Bertz CT molecular complexity index is 1670. The third kappa shape index (κ3) is 11.4. The summed E-state index contributed by atoms with van der Waals surface area (Å²) in [5, 5.41) is 7.98. The van der Waals surface area contributed by atoms with Crippen molar-refractivity contribution >= 4 is 35.6 Å². The first-order valence-electron chi connectivity index (χ1n) is 17.4. The Morgan fingerprint density at radius 3 is 2.23 bits per heavy atom. The lowest BCUT2D eigenvalue weighted by Gasteiger charge is -2.29. The van der Waals surface area contributed by atoms with E-state index in [2.05, 4.69) is 20.9 Å². The fraction of sp³-hybridized carbons (Fsp3) is 0.474. The van der Waals surface area contributed by atoms with Crippen molar-refractivity contribution in [2.45, 2.75) is 96.2 Å². The van der Waals surface area contributed by atoms with Gasteiger partial charge in [-0.3, -0.25) is 14.4 Å². The van der Waals surface area contributed by atoms with Crippen molar-refractivity contribution in [3.05, 3.63) is 84.3 Å². The Morgan fingerprint density at radius 1 is 0.942 bits per heavy atom. The van der Waals surface area contributed by atoms with E-state index >= 15 is 0 Å². The number of esters is 1. The summed E-state index contributed by atoms with van der Waals surface area (Å²) < 4.78 is 17.8. The maximum atomic E-state index is 14.0. The number of carbonyl (C=O) groups is 5. The molecule has 280 valence electrons. The van der Waals surface area contributed by atoms with Crippen LogP contribution in [0.25, 0.3) is 0 Å². The average molecular weight is 719 g/mol. The molecular weight excluding hydrogens is 668 g/mol. The molecule has 3 N–H and O–H groups in total. The van der Waals surface area contributed by atoms with Crippen molar-refractivity contribution in [3.8, 4) is 0 Å². The number of hydrogen-bond acceptors (Lipinski definition) is 9. The molecule has 4 amide bonds. The zero-order chi connectivity index (χ0) is 37.9. The third-order valence-electron chi connectivity index (χ3n) is 8.46. The molecule has 3 aromatic rings. The van der Waals surface area contributed by atoms with Crippen molar-refractivity contribution in [1.82, 2.24) is 25.1 Å². The highest BCUT2D eigenvalue weighted by Crippen LogP contribution is 2.26. The summed E-state index contributed by atoms with van der Waals surface area (Å²) >= 11 is 0. The maximum absolute atomic E-state index is 14.0. The SMILES string of the molecule is COC(=O)[C@@H]1CCCN1C(=O)C(CCc1ccccc1)n1cnc(NC(=O)[C@@H](COCc2ccccc2)NC(=O)C(C)(C)NC(=O)OC(C)(C)C)c1. The molecule has 2 aromatic carbocycles. The van der Waals surface area contributed by atoms with Crippen LogP contribution in [-0.2, 0) is 46.4 Å². The Balaban J connectivity index is 1.52. The molecule has 0 aliphatic carbocycles. The number of aromatic nitrogens is 2. The van der Waals surface area contributed by atoms with Crippen molar-refractivity contribution in [3.63, 3.8) is 0 Å². The van der Waals surface area contributed by atoms with Crippen LogP contribution < -0.4 is 16.0 Å². The molecule has 0 radical (unpaired) electrons. The van der Waals surface area contributed by atoms with E-state index in [0.29, 0.717) is 32.2 Å². The van der Waals surface area contributed by atoms with E-state index in [1.165, 1.54) is 27.3 Å². The number of rotatable bonds is 15. The summed E-state index contributed by atoms with van der Waals surface area (Å²) in [5.41, 5.74) is -0.321. The van der Waals surface area contributed by atoms with Crippen LogP contribution >= 0.6 is 0 Å². The molecule has 0 bridgehead atoms. The lowest BCUT2D eigenvalue weighted by atomic mass is 10.0. The highest BCUT2D eigenvalue weighted by molar-refractivity contribution is 5.98. The maximum Gasteiger partial charge on any atom is 0.408 e. The summed E-state index contributed by atoms with van der Waals surface area (Å²) in [5.74, 6) is -1.85. The molecule has 3 atom stereocenters. The fourth-order valence-electron chi connectivity index (χ4n) is 5.74. The number of nitrogens with zero attached hydrogens (tertiary/aromatic N) is 3. The Labute approximate surface area is 304 Å². The predicted octanol–water partition coefficient (Wildman–Crippen LogP) is 4.16. The van der Waals surface area contributed by atoms with Crippen LogP contribution in [0, 0.1) is 0 Å². The molecule has 1 saturated heterocycles. The van der Waals surface area contributed by atoms with Gasteiger partial charge in [-0.1, -0.05) is 60.7 Å². The zero-order valence-corrected chi connectivity index (χ0v) is 30.7. The molecule has 1 aliphatic heterocycles. The summed E-state index contributed by atoms with van der Waals surface area (Å²) in [4.78, 5) is 72.1. The van der Waals surface area contributed by atoms with Crippen LogP contribution in [0.15, 0.2) is 73.2 Å². The monoisotopic (exact) mass is 718 g/mol. The number of imidazole rings is 1. The van der Waals surface area contributed by atoms with Crippen LogP contribution in [0.2, 0.25) is 0 Å². The van der Waals surface area contributed by atoms with E-state index in [1.54, 1.807) is 36.4 Å². The summed E-state index contributed by atoms with van der Waals surface area (Å²) in [6.07, 6.45) is 4.38. The first-order chi connectivity index (χ1) is 24.7. The highest BCUT2D eigenvalue weighted by atomic mass is 16.6. The lowest BCUT2D eigenvalue weighted by molar-refractivity contribution is -0.152. The summed E-state index contributed by atoms with van der Waals surface area (Å²) in [6, 6.07) is 16.5. The first kappa shape index (κ1) is 39.5. The number of likely N-dealkylation sites (tertiary alicyclic amines) is 1. The number of methoxy groups -OCH3 is 1. The predicted molar refractivity (Wildman–Crippen MR) is 193 cm³/mol. The molecule has 52 heavy (non-hydrogen) atoms. The lowest BCUT2D eigenvalue weighted by Crippen LogP contribution is -2.59. The Kier molecular flexibility index (Phi) is 13.5. The second-order valence-electron chi connectivity index (χ2n) is 14.2. The van der Waals surface area contributed by atoms with Crippen LogP contribution in [0.1, 0.15) is 71.0 Å². The van der Waals surface area contributed by atoms with Crippen LogP contribution in [-0.4, -0.2) is 87.7 Å². The molecule has 14 nitrogen and oxygen atoms in total. The summed E-state index contributed by atoms with van der Waals surface area (Å²) in [7, 11) is 1.31. The first-order valence-corrected chi connectivity index (χ1v) is 17.4. The minimum atomic E-state index is -1.45. The van der Waals surface area contributed by atoms with Crippen LogP contribution in [0.4, 0.5) is 10.6 Å². The van der Waals surface area contributed by atoms with E-state index in [-0.39, 0.29) is 24.9 Å². The van der Waals surface area contributed by atoms with Crippen molar-refractivity contribution in [1.29, 1.82) is 0 Å². The molecular formula is C38H50N6O8. The van der Waals surface area contributed by atoms with Gasteiger partial charge < -0.3 is 39.6 Å². The Morgan fingerprint density at radius 2 is 1.60 bits per heavy atom. The minimum Gasteiger partial charge on any atom is -0.467 e. The van der Waals surface area contributed by atoms with Gasteiger partial charge in [0.2, 0.25) is 11.8 Å². The number of ether oxygens (including phenoxy) is 3. The number of anilines is 1. The van der Waals surface area contributed by atoms with Gasteiger partial charge >= 0.3 is 12.1 Å². The number of nitrogens with one attached hydrogen (secondary N) is 3. The largest absolute Gasteiger partial charge is 0.467 e. The van der Waals surface area contributed by atoms with E-state index < -0.39 is 53.1 Å². The zero-order valence-electron chi connectivity index (χ0n) is 30.7. The highest BCUT2D eigenvalue weighted by Gasteiger charge is 2.39. The van der Waals surface area contributed by atoms with Gasteiger partial charge in [0, 0.05) is 12.7 Å². The minimum absolute atomic E-state index is 0.141. The van der Waals surface area contributed by atoms with Gasteiger partial charge in [0.25, 0.3) is 5.91 Å². The molecule has 0 saturated carbocycles. The van der Waals surface area contributed by atoms with Gasteiger partial charge in [-0.15, -0.1) is 0 Å². The van der Waals surface area contributed by atoms with Gasteiger partial charge in [-0.05, 0) is 71.4 Å². The van der Waals surface area contributed by atoms with Gasteiger partial charge in [0.15, 0.2) is 5.82 Å². The number of aryl methyl sites for hydroxylation is 1. The van der Waals surface area contributed by atoms with E-state index in [0.717, 1.165) is 11.1 Å². The molecule has 14 heteroatoms. The third-order valence-corrected chi connectivity index (χ3v) is 8.46. The van der Waals surface area contributed by atoms with Gasteiger partial charge in [0.05, 0.1) is 26.7 Å². The number of amides is 4. The number of carbonyl (C=O) groups excluding carboxylic acids is 5. The van der Waals surface area contributed by atoms with E-state index in [1.807, 2.05) is 60.7 Å². The standard InChI is InChI=1S/C38H50N6O8/c1-37(2,3)52-36(49)42-38(4,5)35(48)40-28(24-51-23-27-16-11-8-12-17-27)32(45)41-31-22-43(25-39-31)29(20-19-26-14-9-7-10-15-26)33(46)44-21-13-18-30(44)34(47)50-6/h7-12,14-17,22,25,28-30H,13,18-21,23-24H2,1-6H3,(H,40,48)(H,41,45)(H,42,49)/t28-,29?,30+/m1/s1. The second-order valence-corrected chi connectivity index (χ2v) is 14.2. The number of hydrogen-bond donors (Lipinski definition) is 3. The molecule has 1 aromatic heterocycles. The molecule has 4 rings (SSSR count). The van der Waals surface area contributed by atoms with Crippen molar-refractivity contribution in [2.75, 3.05) is 25.6 Å². The topological polar surface area (TPSA) is 170 Å². The molecule has 0 spiro atoms. The fourth-order valence-corrected chi connectivity index (χ4v) is 5.74. The van der Waals surface area contributed by atoms with Crippen molar-refractivity contribution < 1.29 is 38.2 Å². The van der Waals surface area contributed by atoms with Crippen LogP contribution in [0.5, 0.6) is 0 Å². The quantitative estimate of drug-likeness (QED) is 0.195. The smallest absolute Gasteiger partial charge is 0.408 e.